The molecule has 0 amide bonds. The molecule has 0 fully saturated rings. The highest BCUT2D eigenvalue weighted by atomic mass is 14.6. The Hall–Kier alpha value is -6.70. The molecule has 0 atom stereocenters. The summed E-state index contributed by atoms with van der Waals surface area (Å²) in [4.78, 5) is 0. The van der Waals surface area contributed by atoms with Gasteiger partial charge in [0.25, 0.3) is 0 Å². The third-order valence-corrected chi connectivity index (χ3v) is 10.5. The minimum Gasteiger partial charge on any atom is -0.398 e. The van der Waals surface area contributed by atoms with Gasteiger partial charge in [-0.25, -0.2) is 0 Å². The molecule has 0 bridgehead atoms. The van der Waals surface area contributed by atoms with E-state index < -0.39 is 0 Å². The molecular weight excluding hydrogens is 687 g/mol. The number of hydrogen-bond acceptors (Lipinski definition) is 1. The van der Waals surface area contributed by atoms with E-state index in [1.807, 2.05) is 44.2 Å². The third-order valence-electron chi connectivity index (χ3n) is 10.5. The van der Waals surface area contributed by atoms with E-state index in [1.54, 1.807) is 0 Å². The maximum absolute atomic E-state index is 6.33. The van der Waals surface area contributed by atoms with Gasteiger partial charge in [-0.05, 0) is 109 Å². The minimum atomic E-state index is 0.812. The number of para-hydroxylation sites is 1. The highest BCUT2D eigenvalue weighted by molar-refractivity contribution is 6.23. The van der Waals surface area contributed by atoms with Gasteiger partial charge in [-0.2, -0.15) is 0 Å². The van der Waals surface area contributed by atoms with Crippen molar-refractivity contribution >= 4 is 67.0 Å². The molecule has 9 aromatic carbocycles. The van der Waals surface area contributed by atoms with Crippen LogP contribution in [0.3, 0.4) is 0 Å². The van der Waals surface area contributed by atoms with E-state index in [0.29, 0.717) is 0 Å². The average Bonchev–Trinajstić information content (AvgIpc) is 3.28. The first-order chi connectivity index (χ1) is 28.1. The van der Waals surface area contributed by atoms with E-state index in [0.717, 1.165) is 30.5 Å². The molecular formula is C56H51N. The zero-order chi connectivity index (χ0) is 39.4. The summed E-state index contributed by atoms with van der Waals surface area (Å²) in [5, 5.41) is 13.0. The van der Waals surface area contributed by atoms with Crippen LogP contribution in [0, 0.1) is 6.92 Å². The number of nitrogens with two attached hydrogens (primary N) is 1. The molecule has 10 rings (SSSR count). The van der Waals surface area contributed by atoms with Gasteiger partial charge < -0.3 is 5.73 Å². The zero-order valence-electron chi connectivity index (χ0n) is 33.3. The van der Waals surface area contributed by atoms with Crippen LogP contribution in [0.15, 0.2) is 188 Å². The molecule has 0 spiro atoms. The molecule has 2 N–H and O–H groups in total. The van der Waals surface area contributed by atoms with Gasteiger partial charge in [0.05, 0.1) is 0 Å². The predicted molar refractivity (Wildman–Crippen MR) is 252 cm³/mol. The average molecular weight is 738 g/mol. The summed E-state index contributed by atoms with van der Waals surface area (Å²) >= 11 is 0. The Morgan fingerprint density at radius 1 is 0.491 bits per heavy atom. The summed E-state index contributed by atoms with van der Waals surface area (Å²) in [5.41, 5.74) is 13.5. The van der Waals surface area contributed by atoms with Crippen molar-refractivity contribution in [1.82, 2.24) is 0 Å². The molecule has 57 heavy (non-hydrogen) atoms. The predicted octanol–water partition coefficient (Wildman–Crippen LogP) is 13.9. The van der Waals surface area contributed by atoms with Crippen LogP contribution in [0.2, 0.25) is 0 Å². The van der Waals surface area contributed by atoms with Gasteiger partial charge in [0.1, 0.15) is 0 Å². The maximum atomic E-state index is 6.33. The topological polar surface area (TPSA) is 26.0 Å². The molecule has 280 valence electrons. The van der Waals surface area contributed by atoms with Gasteiger partial charge in [0, 0.05) is 11.3 Å². The molecule has 0 saturated carbocycles. The number of allylic oxidation sites excluding steroid dienone is 1. The number of nitrogen functional groups attached to an aromatic ring is 1. The first-order valence-electron chi connectivity index (χ1n) is 20.3. The Morgan fingerprint density at radius 2 is 1.11 bits per heavy atom. The van der Waals surface area contributed by atoms with Gasteiger partial charge in [0.2, 0.25) is 0 Å². The van der Waals surface area contributed by atoms with E-state index in [1.165, 1.54) is 75.8 Å². The van der Waals surface area contributed by atoms with E-state index in [2.05, 4.69) is 183 Å². The molecule has 1 nitrogen and oxygen atoms in total. The Bertz CT molecular complexity index is 2910. The Morgan fingerprint density at radius 3 is 1.86 bits per heavy atom. The molecule has 1 heteroatoms. The number of fused-ring (bicyclic) bond motifs is 7. The lowest BCUT2D eigenvalue weighted by Crippen LogP contribution is -2.28. The molecule has 0 unspecified atom stereocenters. The van der Waals surface area contributed by atoms with Crippen molar-refractivity contribution in [2.75, 3.05) is 5.73 Å². The number of anilines is 1. The number of benzene rings is 9. The third kappa shape index (κ3) is 8.90. The summed E-state index contributed by atoms with van der Waals surface area (Å²) in [6, 6.07) is 64.0. The molecule has 0 aliphatic heterocycles. The lowest BCUT2D eigenvalue weighted by molar-refractivity contribution is 1.11. The van der Waals surface area contributed by atoms with Gasteiger partial charge in [-0.15, -0.1) is 0 Å². The Balaban J connectivity index is 0.000000144. The fourth-order valence-electron chi connectivity index (χ4n) is 7.78. The summed E-state index contributed by atoms with van der Waals surface area (Å²) < 4.78 is 0. The first-order valence-corrected chi connectivity index (χ1v) is 20.3. The molecule has 0 saturated heterocycles. The zero-order valence-corrected chi connectivity index (χ0v) is 33.3. The van der Waals surface area contributed by atoms with Crippen molar-refractivity contribution in [3.8, 4) is 11.1 Å². The van der Waals surface area contributed by atoms with E-state index in [9.17, 15) is 0 Å². The molecule has 1 aliphatic rings. The van der Waals surface area contributed by atoms with Gasteiger partial charge >= 0.3 is 0 Å². The van der Waals surface area contributed by atoms with Crippen LogP contribution in [-0.4, -0.2) is 0 Å². The van der Waals surface area contributed by atoms with Crippen molar-refractivity contribution in [2.45, 2.75) is 40.0 Å². The van der Waals surface area contributed by atoms with Crippen LogP contribution < -0.4 is 16.2 Å². The molecule has 9 aromatic rings. The summed E-state index contributed by atoms with van der Waals surface area (Å²) in [7, 11) is 0. The second-order valence-electron chi connectivity index (χ2n) is 14.2. The van der Waals surface area contributed by atoms with Crippen LogP contribution in [0.1, 0.15) is 43.4 Å². The van der Waals surface area contributed by atoms with Crippen molar-refractivity contribution in [3.63, 3.8) is 0 Å². The van der Waals surface area contributed by atoms with Crippen molar-refractivity contribution < 1.29 is 0 Å². The van der Waals surface area contributed by atoms with Gasteiger partial charge in [0.15, 0.2) is 0 Å². The fourth-order valence-corrected chi connectivity index (χ4v) is 7.78. The fraction of sp³-hybridized carbons (Fsp3) is 0.107. The smallest absolute Gasteiger partial charge is 0.0393 e. The number of rotatable bonds is 4. The Kier molecular flexibility index (Phi) is 12.7. The summed E-state index contributed by atoms with van der Waals surface area (Å²) in [6.07, 6.45) is 12.6. The van der Waals surface area contributed by atoms with Crippen molar-refractivity contribution in [2.24, 2.45) is 0 Å². The SMILES string of the molecule is C1=c2cccc(/C=C/Cc3cccc4ccccc34)c2=CCC1.CC.Cc1ccccc1.Nc1ccccc1-c1cc2ccccc2c2ccc3ccccc3c12. The lowest BCUT2D eigenvalue weighted by atomic mass is 9.89. The number of aryl methyl sites for hydroxylation is 1. The van der Waals surface area contributed by atoms with Crippen molar-refractivity contribution in [1.29, 1.82) is 0 Å². The van der Waals surface area contributed by atoms with Crippen LogP contribution in [0.5, 0.6) is 0 Å². The van der Waals surface area contributed by atoms with Crippen molar-refractivity contribution in [3.05, 3.63) is 215 Å². The lowest BCUT2D eigenvalue weighted by Gasteiger charge is -2.15. The molecule has 0 radical (unpaired) electrons. The van der Waals surface area contributed by atoms with Crippen LogP contribution >= 0.6 is 0 Å². The van der Waals surface area contributed by atoms with E-state index in [4.69, 9.17) is 5.73 Å². The second kappa shape index (κ2) is 18.8. The van der Waals surface area contributed by atoms with Gasteiger partial charge in [-0.1, -0.05) is 214 Å². The van der Waals surface area contributed by atoms with Crippen LogP contribution in [0.25, 0.3) is 72.4 Å². The quantitative estimate of drug-likeness (QED) is 0.141. The van der Waals surface area contributed by atoms with E-state index >= 15 is 0 Å². The summed E-state index contributed by atoms with van der Waals surface area (Å²) in [6.45, 7) is 6.08. The summed E-state index contributed by atoms with van der Waals surface area (Å²) in [5.74, 6) is 0. The second-order valence-corrected chi connectivity index (χ2v) is 14.2. The highest BCUT2D eigenvalue weighted by Gasteiger charge is 2.13. The number of hydrogen-bond donors (Lipinski definition) is 1. The highest BCUT2D eigenvalue weighted by Crippen LogP contribution is 2.40. The normalized spacial score (nSPS) is 11.6. The molecule has 0 aromatic heterocycles. The van der Waals surface area contributed by atoms with E-state index in [-0.39, 0.29) is 0 Å². The molecule has 0 heterocycles. The standard InChI is InChI=1S/C24H17N.C23H20.C7H8.C2H6/c25-23-12-6-5-11-20(23)22-15-17-8-2-3-9-18(17)21-14-13-16-7-1-4-10-19(16)24(21)22;1-3-16-22-18(8-1)10-5-12-20(22)14-7-15-21-13-6-11-19-9-2-4-17-23(19)21;1-7-5-3-2-4-6-7;1-2/h1-15H,25H2;1,3,5-13,15-17H,2,4,14H2;2-6H,1H3;1-2H3/b;15-7+;;. The Labute approximate surface area is 337 Å². The monoisotopic (exact) mass is 737 g/mol. The largest absolute Gasteiger partial charge is 0.398 e. The minimum absolute atomic E-state index is 0.812. The van der Waals surface area contributed by atoms with Gasteiger partial charge in [-0.3, -0.25) is 0 Å². The van der Waals surface area contributed by atoms with Crippen LogP contribution in [0.4, 0.5) is 5.69 Å². The van der Waals surface area contributed by atoms with Crippen LogP contribution in [-0.2, 0) is 6.42 Å². The maximum Gasteiger partial charge on any atom is 0.0393 e. The molecule has 1 aliphatic carbocycles. The first kappa shape index (κ1) is 38.6.